The number of rotatable bonds is 3. The first-order valence-corrected chi connectivity index (χ1v) is 6.82. The molecule has 1 N–H and O–H groups in total. The van der Waals surface area contributed by atoms with E-state index in [2.05, 4.69) is 30.0 Å². The quantitative estimate of drug-likeness (QED) is 0.901. The van der Waals surface area contributed by atoms with Crippen LogP contribution in [0.25, 0.3) is 0 Å². The third kappa shape index (κ3) is 2.62. The summed E-state index contributed by atoms with van der Waals surface area (Å²) in [7, 11) is 0. The molecule has 20 heavy (non-hydrogen) atoms. The first-order valence-electron chi connectivity index (χ1n) is 6.82. The van der Waals surface area contributed by atoms with Crippen LogP contribution in [0.1, 0.15) is 30.4 Å². The predicted octanol–water partition coefficient (Wildman–Crippen LogP) is 1.04. The van der Waals surface area contributed by atoms with Crippen LogP contribution >= 0.6 is 0 Å². The van der Waals surface area contributed by atoms with Gasteiger partial charge < -0.3 is 9.64 Å². The van der Waals surface area contributed by atoms with E-state index in [0.29, 0.717) is 13.2 Å². The molecule has 1 aliphatic heterocycles. The van der Waals surface area contributed by atoms with Gasteiger partial charge in [-0.3, -0.25) is 5.10 Å². The van der Waals surface area contributed by atoms with Crippen LogP contribution < -0.4 is 4.90 Å². The normalized spacial score (nSPS) is 19.3. The molecule has 7 heteroatoms. The molecule has 7 nitrogen and oxygen atoms in total. The molecule has 0 amide bonds. The molecule has 3 rings (SSSR count). The molecule has 106 valence electrons. The summed E-state index contributed by atoms with van der Waals surface area (Å²) >= 11 is 0. The zero-order valence-electron chi connectivity index (χ0n) is 11.7. The Bertz CT molecular complexity index is 584. The first kappa shape index (κ1) is 13.0. The van der Waals surface area contributed by atoms with Crippen LogP contribution in [0.4, 0.5) is 5.82 Å². The molecule has 2 aromatic rings. The van der Waals surface area contributed by atoms with Crippen molar-refractivity contribution in [2.24, 2.45) is 0 Å². The highest BCUT2D eigenvalue weighted by Gasteiger charge is 2.26. The fraction of sp³-hybridized carbons (Fsp3) is 0.538. The lowest BCUT2D eigenvalue weighted by Crippen LogP contribution is -2.39. The molecular weight excluding hydrogens is 256 g/mol. The van der Waals surface area contributed by atoms with Crippen LogP contribution in [0.15, 0.2) is 12.4 Å². The maximum atomic E-state index is 5.77. The predicted molar refractivity (Wildman–Crippen MR) is 73.4 cm³/mol. The number of aryl methyl sites for hydroxylation is 2. The Morgan fingerprint density at radius 2 is 2.35 bits per heavy atom. The molecule has 1 fully saturated rings. The summed E-state index contributed by atoms with van der Waals surface area (Å²) in [5.74, 6) is 2.54. The van der Waals surface area contributed by atoms with E-state index in [1.165, 1.54) is 0 Å². The minimum Gasteiger partial charge on any atom is -0.366 e. The van der Waals surface area contributed by atoms with Crippen molar-refractivity contribution in [3.8, 4) is 0 Å². The van der Waals surface area contributed by atoms with E-state index < -0.39 is 0 Å². The van der Waals surface area contributed by atoms with E-state index >= 15 is 0 Å². The van der Waals surface area contributed by atoms with E-state index in [1.807, 2.05) is 19.9 Å². The third-order valence-corrected chi connectivity index (χ3v) is 3.35. The van der Waals surface area contributed by atoms with Gasteiger partial charge in [-0.05, 0) is 6.92 Å². The van der Waals surface area contributed by atoms with Crippen molar-refractivity contribution in [3.63, 3.8) is 0 Å². The van der Waals surface area contributed by atoms with Crippen molar-refractivity contribution in [3.05, 3.63) is 29.7 Å². The summed E-state index contributed by atoms with van der Waals surface area (Å²) in [6.07, 6.45) is 2.32. The molecule has 2 aromatic heterocycles. The Kier molecular flexibility index (Phi) is 3.60. The lowest BCUT2D eigenvalue weighted by molar-refractivity contribution is 0.0339. The van der Waals surface area contributed by atoms with Gasteiger partial charge in [0.25, 0.3) is 0 Å². The van der Waals surface area contributed by atoms with Crippen molar-refractivity contribution in [1.29, 1.82) is 0 Å². The number of anilines is 1. The van der Waals surface area contributed by atoms with Gasteiger partial charge in [-0.25, -0.2) is 15.0 Å². The number of H-pyrrole nitrogens is 1. The highest BCUT2D eigenvalue weighted by atomic mass is 16.5. The summed E-state index contributed by atoms with van der Waals surface area (Å²) in [6.45, 7) is 6.17. The minimum absolute atomic E-state index is 0.115. The van der Waals surface area contributed by atoms with E-state index in [-0.39, 0.29) is 6.10 Å². The van der Waals surface area contributed by atoms with E-state index in [1.54, 1.807) is 6.33 Å². The topological polar surface area (TPSA) is 79.8 Å². The van der Waals surface area contributed by atoms with Gasteiger partial charge in [0.05, 0.1) is 13.2 Å². The second-order valence-corrected chi connectivity index (χ2v) is 4.82. The van der Waals surface area contributed by atoms with Crippen LogP contribution in [0.2, 0.25) is 0 Å². The number of aromatic amines is 1. The number of nitrogens with one attached hydrogen (secondary N) is 1. The van der Waals surface area contributed by atoms with Crippen LogP contribution in [-0.2, 0) is 11.2 Å². The summed E-state index contributed by atoms with van der Waals surface area (Å²) in [4.78, 5) is 15.1. The van der Waals surface area contributed by atoms with Crippen molar-refractivity contribution >= 4 is 5.82 Å². The minimum atomic E-state index is -0.115. The molecule has 0 saturated carbocycles. The number of morpholine rings is 1. The van der Waals surface area contributed by atoms with Crippen molar-refractivity contribution in [2.45, 2.75) is 26.4 Å². The Balaban J connectivity index is 1.76. The molecule has 0 spiro atoms. The fourth-order valence-corrected chi connectivity index (χ4v) is 2.24. The molecule has 1 unspecified atom stereocenters. The molecule has 1 atom stereocenters. The Morgan fingerprint density at radius 1 is 1.45 bits per heavy atom. The smallest absolute Gasteiger partial charge is 0.181 e. The van der Waals surface area contributed by atoms with E-state index in [9.17, 15) is 0 Å². The zero-order chi connectivity index (χ0) is 13.9. The Hall–Kier alpha value is -2.02. The Morgan fingerprint density at radius 3 is 3.10 bits per heavy atom. The number of hydrogen-bond acceptors (Lipinski definition) is 6. The Labute approximate surface area is 117 Å². The third-order valence-electron chi connectivity index (χ3n) is 3.35. The van der Waals surface area contributed by atoms with Gasteiger partial charge >= 0.3 is 0 Å². The molecule has 1 saturated heterocycles. The van der Waals surface area contributed by atoms with Crippen LogP contribution in [0.5, 0.6) is 0 Å². The van der Waals surface area contributed by atoms with Gasteiger partial charge in [-0.1, -0.05) is 6.92 Å². The molecule has 0 aliphatic carbocycles. The second kappa shape index (κ2) is 5.54. The summed E-state index contributed by atoms with van der Waals surface area (Å²) in [5.41, 5.74) is 0.962. The fourth-order valence-electron chi connectivity index (χ4n) is 2.24. The molecule has 0 bridgehead atoms. The van der Waals surface area contributed by atoms with Crippen molar-refractivity contribution < 1.29 is 4.74 Å². The van der Waals surface area contributed by atoms with Gasteiger partial charge in [0.2, 0.25) is 0 Å². The number of aromatic nitrogens is 5. The highest BCUT2D eigenvalue weighted by Crippen LogP contribution is 2.22. The maximum absolute atomic E-state index is 5.77. The maximum Gasteiger partial charge on any atom is 0.181 e. The van der Waals surface area contributed by atoms with Gasteiger partial charge in [-0.15, -0.1) is 0 Å². The largest absolute Gasteiger partial charge is 0.366 e. The highest BCUT2D eigenvalue weighted by molar-refractivity contribution is 5.39. The van der Waals surface area contributed by atoms with Crippen LogP contribution in [-0.4, -0.2) is 44.8 Å². The first-order chi connectivity index (χ1) is 9.76. The van der Waals surface area contributed by atoms with Gasteiger partial charge in [0.1, 0.15) is 24.1 Å². The van der Waals surface area contributed by atoms with E-state index in [0.717, 1.165) is 36.1 Å². The molecule has 1 aliphatic rings. The summed E-state index contributed by atoms with van der Waals surface area (Å²) < 4.78 is 5.77. The summed E-state index contributed by atoms with van der Waals surface area (Å²) in [6, 6.07) is 1.98. The van der Waals surface area contributed by atoms with E-state index in [4.69, 9.17) is 4.74 Å². The standard InChI is InChI=1S/C13H18N6O/c1-3-11-16-13(18-17-11)10-7-19(4-5-20-10)12-6-9(2)14-8-15-12/h6,8,10H,3-5,7H2,1-2H3,(H,16,17,18). The van der Waals surface area contributed by atoms with Crippen LogP contribution in [0.3, 0.4) is 0 Å². The lowest BCUT2D eigenvalue weighted by Gasteiger charge is -2.32. The van der Waals surface area contributed by atoms with Gasteiger partial charge in [0.15, 0.2) is 5.82 Å². The SMILES string of the molecule is CCc1nc(C2CN(c3cc(C)ncn3)CCO2)n[nH]1. The monoisotopic (exact) mass is 274 g/mol. The molecule has 0 aromatic carbocycles. The lowest BCUT2D eigenvalue weighted by atomic mass is 10.2. The average molecular weight is 274 g/mol. The van der Waals surface area contributed by atoms with Crippen LogP contribution in [0, 0.1) is 6.92 Å². The second-order valence-electron chi connectivity index (χ2n) is 4.82. The zero-order valence-corrected chi connectivity index (χ0v) is 11.7. The average Bonchev–Trinajstić information content (AvgIpc) is 2.96. The van der Waals surface area contributed by atoms with Crippen molar-refractivity contribution in [1.82, 2.24) is 25.1 Å². The molecule has 0 radical (unpaired) electrons. The number of hydrogen-bond donors (Lipinski definition) is 1. The summed E-state index contributed by atoms with van der Waals surface area (Å²) in [5, 5.41) is 7.17. The van der Waals surface area contributed by atoms with Gasteiger partial charge in [-0.2, -0.15) is 5.10 Å². The molecule has 3 heterocycles. The number of ether oxygens (including phenoxy) is 1. The van der Waals surface area contributed by atoms with Gasteiger partial charge in [0, 0.05) is 24.7 Å². The van der Waals surface area contributed by atoms with Crippen molar-refractivity contribution in [2.75, 3.05) is 24.6 Å². The number of nitrogens with zero attached hydrogens (tertiary/aromatic N) is 5. The molecular formula is C13H18N6O.